The van der Waals surface area contributed by atoms with E-state index in [2.05, 4.69) is 50.2 Å². The molecule has 4 rings (SSSR count). The second-order valence-corrected chi connectivity index (χ2v) is 15.1. The first-order valence-corrected chi connectivity index (χ1v) is 15.3. The predicted molar refractivity (Wildman–Crippen MR) is 149 cm³/mol. The molecule has 37 heavy (non-hydrogen) atoms. The first-order chi connectivity index (χ1) is 17.0. The summed E-state index contributed by atoms with van der Waals surface area (Å²) in [6.07, 6.45) is 7.74. The van der Waals surface area contributed by atoms with Crippen molar-refractivity contribution in [1.29, 1.82) is 0 Å². The number of aliphatic hydroxyl groups is 2. The third-order valence-corrected chi connectivity index (χ3v) is 11.4. The molecule has 214 valence electrons. The fourth-order valence-corrected chi connectivity index (χ4v) is 7.34. The molecular formula is C30H51BrO6. The predicted octanol–water partition coefficient (Wildman–Crippen LogP) is 5.99. The number of alkyl halides is 1. The van der Waals surface area contributed by atoms with Gasteiger partial charge in [-0.2, -0.15) is 0 Å². The van der Waals surface area contributed by atoms with Crippen molar-refractivity contribution in [2.45, 2.75) is 176 Å². The molecule has 6 nitrogen and oxygen atoms in total. The average molecular weight is 588 g/mol. The van der Waals surface area contributed by atoms with E-state index in [1.54, 1.807) is 13.8 Å². The van der Waals surface area contributed by atoms with Gasteiger partial charge in [-0.25, -0.2) is 0 Å². The van der Waals surface area contributed by atoms with Crippen LogP contribution in [0.1, 0.15) is 113 Å². The van der Waals surface area contributed by atoms with Crippen molar-refractivity contribution >= 4 is 15.9 Å². The smallest absolute Gasteiger partial charge is 0.0924 e. The molecule has 4 heterocycles. The highest BCUT2D eigenvalue weighted by molar-refractivity contribution is 9.09. The molecule has 0 aromatic rings. The fourth-order valence-electron chi connectivity index (χ4n) is 7.02. The van der Waals surface area contributed by atoms with Crippen molar-refractivity contribution in [2.24, 2.45) is 0 Å². The van der Waals surface area contributed by atoms with Crippen molar-refractivity contribution < 1.29 is 29.2 Å². The molecule has 0 aromatic heterocycles. The number of hydrogen-bond acceptors (Lipinski definition) is 6. The average Bonchev–Trinajstić information content (AvgIpc) is 3.22. The second kappa shape index (κ2) is 10.4. The molecule has 2 N–H and O–H groups in total. The van der Waals surface area contributed by atoms with Crippen LogP contribution in [0.2, 0.25) is 0 Å². The van der Waals surface area contributed by atoms with Gasteiger partial charge in [0.05, 0.1) is 58.5 Å². The van der Waals surface area contributed by atoms with Gasteiger partial charge in [-0.05, 0) is 118 Å². The molecule has 0 spiro atoms. The second-order valence-electron chi connectivity index (χ2n) is 14.0. The highest BCUT2D eigenvalue weighted by Gasteiger charge is 2.54. The van der Waals surface area contributed by atoms with Crippen LogP contribution in [0.4, 0.5) is 0 Å². The maximum atomic E-state index is 11.0. The van der Waals surface area contributed by atoms with Crippen molar-refractivity contribution in [3.05, 3.63) is 12.2 Å². The SMILES string of the molecule is C=C(CC[C@@H](O)[C@]1(C)CC[C@H](C(C)(C)O)O1)[C@H]1CC[C@H]2O[C@@H]([C@]3(C)CC[C@@H](Br)C(C)(C)O3)CC[C@]2(C)O1. The Morgan fingerprint density at radius 2 is 1.59 bits per heavy atom. The van der Waals surface area contributed by atoms with Crippen molar-refractivity contribution in [1.82, 2.24) is 0 Å². The lowest BCUT2D eigenvalue weighted by atomic mass is 9.76. The fraction of sp³-hybridized carbons (Fsp3) is 0.933. The zero-order chi connectivity index (χ0) is 27.4. The van der Waals surface area contributed by atoms with Gasteiger partial charge >= 0.3 is 0 Å². The van der Waals surface area contributed by atoms with Gasteiger partial charge in [0.1, 0.15) is 0 Å². The zero-order valence-electron chi connectivity index (χ0n) is 24.1. The number of halogens is 1. The Bertz CT molecular complexity index is 840. The van der Waals surface area contributed by atoms with Crippen LogP contribution in [-0.4, -0.2) is 73.6 Å². The van der Waals surface area contributed by atoms with Crippen LogP contribution in [0.3, 0.4) is 0 Å². The van der Waals surface area contributed by atoms with Gasteiger partial charge in [-0.3, -0.25) is 0 Å². The Hall–Kier alpha value is -0.0200. The Balaban J connectivity index is 1.29. The Labute approximate surface area is 233 Å². The largest absolute Gasteiger partial charge is 0.390 e. The van der Waals surface area contributed by atoms with E-state index in [-0.39, 0.29) is 41.2 Å². The summed E-state index contributed by atoms with van der Waals surface area (Å²) in [5.74, 6) is 0. The van der Waals surface area contributed by atoms with E-state index < -0.39 is 17.3 Å². The van der Waals surface area contributed by atoms with E-state index in [1.807, 2.05) is 6.92 Å². The molecule has 4 aliphatic heterocycles. The first-order valence-electron chi connectivity index (χ1n) is 14.4. The molecule has 9 atom stereocenters. The minimum atomic E-state index is -0.906. The van der Waals surface area contributed by atoms with Crippen LogP contribution in [0.5, 0.6) is 0 Å². The molecule has 0 amide bonds. The molecule has 0 bridgehead atoms. The van der Waals surface area contributed by atoms with E-state index >= 15 is 0 Å². The minimum absolute atomic E-state index is 0.0235. The van der Waals surface area contributed by atoms with Gasteiger partial charge < -0.3 is 29.2 Å². The van der Waals surface area contributed by atoms with Crippen molar-refractivity contribution in [3.63, 3.8) is 0 Å². The summed E-state index contributed by atoms with van der Waals surface area (Å²) >= 11 is 3.80. The van der Waals surface area contributed by atoms with Gasteiger partial charge in [0.25, 0.3) is 0 Å². The van der Waals surface area contributed by atoms with Gasteiger partial charge in [-0.1, -0.05) is 22.5 Å². The number of ether oxygens (including phenoxy) is 4. The number of rotatable bonds is 7. The summed E-state index contributed by atoms with van der Waals surface area (Å²) in [6.45, 7) is 18.6. The lowest BCUT2D eigenvalue weighted by Crippen LogP contribution is -2.62. The third kappa shape index (κ3) is 6.18. The summed E-state index contributed by atoms with van der Waals surface area (Å²) in [6, 6.07) is 0. The van der Waals surface area contributed by atoms with E-state index in [0.29, 0.717) is 17.7 Å². The molecule has 0 saturated carbocycles. The van der Waals surface area contributed by atoms with Crippen LogP contribution >= 0.6 is 15.9 Å². The normalized spacial score (nSPS) is 45.3. The van der Waals surface area contributed by atoms with Crippen LogP contribution in [0.25, 0.3) is 0 Å². The molecule has 0 unspecified atom stereocenters. The zero-order valence-corrected chi connectivity index (χ0v) is 25.7. The van der Waals surface area contributed by atoms with Gasteiger partial charge in [0.2, 0.25) is 0 Å². The highest BCUT2D eigenvalue weighted by Crippen LogP contribution is 2.48. The number of hydrogen-bond donors (Lipinski definition) is 2. The summed E-state index contributed by atoms with van der Waals surface area (Å²) in [7, 11) is 0. The lowest BCUT2D eigenvalue weighted by Gasteiger charge is -2.55. The van der Waals surface area contributed by atoms with E-state index in [0.717, 1.165) is 56.9 Å². The lowest BCUT2D eigenvalue weighted by molar-refractivity contribution is -0.285. The standard InChI is InChI=1S/C30H51BrO6/c1-19(9-11-22(32)28(6)17-14-23(36-28)26(2,3)33)20-10-12-24-29(7,35-20)18-15-25(34-24)30(8)16-13-21(31)27(4,5)37-30/h20-25,32-33H,1,9-18H2,2-8H3/t20-,21-,22-,23-,24-,25-,28+,29+,30+/m1/s1. The molecule has 4 fully saturated rings. The molecule has 7 heteroatoms. The summed E-state index contributed by atoms with van der Waals surface area (Å²) in [4.78, 5) is 0.357. The quantitative estimate of drug-likeness (QED) is 0.282. The third-order valence-electron chi connectivity index (χ3n) is 9.84. The van der Waals surface area contributed by atoms with Gasteiger partial charge in [0.15, 0.2) is 0 Å². The van der Waals surface area contributed by atoms with E-state index in [1.165, 1.54) is 0 Å². The first kappa shape index (κ1) is 30.0. The summed E-state index contributed by atoms with van der Waals surface area (Å²) in [5.41, 5.74) is -1.34. The molecule has 0 aromatic carbocycles. The van der Waals surface area contributed by atoms with Crippen LogP contribution in [0.15, 0.2) is 12.2 Å². The van der Waals surface area contributed by atoms with E-state index in [9.17, 15) is 10.2 Å². The minimum Gasteiger partial charge on any atom is -0.390 e. The van der Waals surface area contributed by atoms with Gasteiger partial charge in [-0.15, -0.1) is 0 Å². The van der Waals surface area contributed by atoms with E-state index in [4.69, 9.17) is 18.9 Å². The topological polar surface area (TPSA) is 77.4 Å². The van der Waals surface area contributed by atoms with Crippen LogP contribution < -0.4 is 0 Å². The highest BCUT2D eigenvalue weighted by atomic mass is 79.9. The van der Waals surface area contributed by atoms with Crippen LogP contribution in [0, 0.1) is 0 Å². The molecule has 4 saturated heterocycles. The van der Waals surface area contributed by atoms with Crippen molar-refractivity contribution in [3.8, 4) is 0 Å². The maximum absolute atomic E-state index is 11.0. The summed E-state index contributed by atoms with van der Waals surface area (Å²) < 4.78 is 26.2. The Morgan fingerprint density at radius 3 is 2.22 bits per heavy atom. The van der Waals surface area contributed by atoms with Crippen molar-refractivity contribution in [2.75, 3.05) is 0 Å². The summed E-state index contributed by atoms with van der Waals surface area (Å²) in [5, 5.41) is 21.3. The maximum Gasteiger partial charge on any atom is 0.0924 e. The monoisotopic (exact) mass is 586 g/mol. The molecule has 4 aliphatic rings. The Kier molecular flexibility index (Phi) is 8.44. The van der Waals surface area contributed by atoms with Crippen LogP contribution in [-0.2, 0) is 18.9 Å². The molecule has 0 aliphatic carbocycles. The molecular weight excluding hydrogens is 536 g/mol. The van der Waals surface area contributed by atoms with Gasteiger partial charge in [0, 0.05) is 4.83 Å². The Morgan fingerprint density at radius 1 is 0.946 bits per heavy atom. The molecule has 0 radical (unpaired) electrons. The number of fused-ring (bicyclic) bond motifs is 1. The number of aliphatic hydroxyl groups excluding tert-OH is 1.